The number of rotatable bonds is 5. The van der Waals surface area contributed by atoms with Crippen LogP contribution in [-0.4, -0.2) is 26.1 Å². The van der Waals surface area contributed by atoms with Gasteiger partial charge in [-0.2, -0.15) is 0 Å². The van der Waals surface area contributed by atoms with E-state index in [0.29, 0.717) is 5.95 Å². The summed E-state index contributed by atoms with van der Waals surface area (Å²) in [6.45, 7) is 4.61. The first-order chi connectivity index (χ1) is 27.5. The zero-order valence-electron chi connectivity index (χ0n) is 31.2. The minimum absolute atomic E-state index is 0.0641. The lowest BCUT2D eigenvalue weighted by Gasteiger charge is -2.34. The molecule has 2 aromatic heterocycles. The van der Waals surface area contributed by atoms with Crippen LogP contribution in [0.3, 0.4) is 0 Å². The smallest absolute Gasteiger partial charge is 0.235 e. The average Bonchev–Trinajstić information content (AvgIpc) is 3.59. The number of aromatic nitrogens is 3. The van der Waals surface area contributed by atoms with Gasteiger partial charge in [-0.25, -0.2) is 15.0 Å². The highest BCUT2D eigenvalue weighted by Gasteiger charge is 2.35. The Kier molecular flexibility index (Phi) is 7.27. The lowest BCUT2D eigenvalue weighted by Crippen LogP contribution is -2.24. The fourth-order valence-electron chi connectivity index (χ4n) is 8.97. The van der Waals surface area contributed by atoms with Crippen LogP contribution in [0.5, 0.6) is 0 Å². The minimum atomic E-state index is -0.153. The topological polar surface area (TPSA) is 55.4 Å². The first-order valence-corrected chi connectivity index (χ1v) is 19.3. The van der Waals surface area contributed by atoms with E-state index in [0.717, 1.165) is 73.2 Å². The van der Waals surface area contributed by atoms with Crippen LogP contribution < -0.4 is 0 Å². The normalized spacial score (nSPS) is 15.8. The SMILES string of the molecule is CC1(C)c2ccccc2-c2nc(-n3c4ccccc4c4cc(-c5cccc(C6CC(c7ccccc7)=NC(c7ccccc7)=N6)c5)ccc43)nc3cccc1c23. The molecule has 0 spiro atoms. The van der Waals surface area contributed by atoms with Crippen molar-refractivity contribution in [3.8, 4) is 28.3 Å². The van der Waals surface area contributed by atoms with Gasteiger partial charge in [0.2, 0.25) is 5.95 Å². The highest BCUT2D eigenvalue weighted by molar-refractivity contribution is 6.14. The molecule has 3 heterocycles. The third-order valence-corrected chi connectivity index (χ3v) is 11.8. The number of hydrogen-bond donors (Lipinski definition) is 0. The summed E-state index contributed by atoms with van der Waals surface area (Å²) in [5.41, 5.74) is 14.4. The molecule has 2 aliphatic rings. The van der Waals surface area contributed by atoms with Crippen molar-refractivity contribution >= 4 is 44.3 Å². The maximum absolute atomic E-state index is 5.41. The molecule has 1 aliphatic carbocycles. The van der Waals surface area contributed by atoms with Crippen LogP contribution in [0.15, 0.2) is 180 Å². The highest BCUT2D eigenvalue weighted by Crippen LogP contribution is 2.48. The molecule has 1 aliphatic heterocycles. The molecule has 0 saturated heterocycles. The van der Waals surface area contributed by atoms with Gasteiger partial charge in [0.1, 0.15) is 0 Å². The van der Waals surface area contributed by atoms with Crippen LogP contribution in [0.25, 0.3) is 61.0 Å². The number of fused-ring (bicyclic) bond motifs is 5. The molecule has 56 heavy (non-hydrogen) atoms. The second-order valence-corrected chi connectivity index (χ2v) is 15.4. The number of amidine groups is 1. The molecule has 11 rings (SSSR count). The minimum Gasteiger partial charge on any atom is -0.278 e. The van der Waals surface area contributed by atoms with Crippen molar-refractivity contribution in [2.24, 2.45) is 9.98 Å². The molecule has 1 unspecified atom stereocenters. The summed E-state index contributed by atoms with van der Waals surface area (Å²) in [6.07, 6.45) is 0.730. The van der Waals surface area contributed by atoms with Crippen molar-refractivity contribution in [3.63, 3.8) is 0 Å². The molecule has 5 heteroatoms. The Balaban J connectivity index is 1.03. The molecule has 0 fully saturated rings. The monoisotopic (exact) mass is 719 g/mol. The molecule has 5 nitrogen and oxygen atoms in total. The molecule has 0 saturated carbocycles. The summed E-state index contributed by atoms with van der Waals surface area (Å²) < 4.78 is 2.24. The summed E-state index contributed by atoms with van der Waals surface area (Å²) in [4.78, 5) is 21.0. The Morgan fingerprint density at radius 2 is 1.23 bits per heavy atom. The Bertz CT molecular complexity index is 3080. The lowest BCUT2D eigenvalue weighted by atomic mass is 9.70. The van der Waals surface area contributed by atoms with Gasteiger partial charge in [0.15, 0.2) is 5.84 Å². The van der Waals surface area contributed by atoms with Gasteiger partial charge in [0.25, 0.3) is 0 Å². The largest absolute Gasteiger partial charge is 0.278 e. The fourth-order valence-corrected chi connectivity index (χ4v) is 8.97. The highest BCUT2D eigenvalue weighted by atomic mass is 15.2. The zero-order chi connectivity index (χ0) is 37.4. The van der Waals surface area contributed by atoms with Gasteiger partial charge in [-0.05, 0) is 63.7 Å². The van der Waals surface area contributed by atoms with Crippen molar-refractivity contribution in [2.45, 2.75) is 31.7 Å². The molecule has 9 aromatic rings. The van der Waals surface area contributed by atoms with E-state index in [1.807, 2.05) is 18.2 Å². The predicted octanol–water partition coefficient (Wildman–Crippen LogP) is 12.1. The van der Waals surface area contributed by atoms with Crippen molar-refractivity contribution in [1.82, 2.24) is 14.5 Å². The third kappa shape index (κ3) is 5.08. The molecule has 0 amide bonds. The molecule has 0 N–H and O–H groups in total. The molecule has 7 aromatic carbocycles. The molecule has 1 atom stereocenters. The van der Waals surface area contributed by atoms with Crippen LogP contribution in [-0.2, 0) is 5.41 Å². The number of benzene rings is 7. The van der Waals surface area contributed by atoms with E-state index < -0.39 is 0 Å². The van der Waals surface area contributed by atoms with E-state index in [1.54, 1.807) is 0 Å². The van der Waals surface area contributed by atoms with Gasteiger partial charge in [-0.15, -0.1) is 0 Å². The Hall–Kier alpha value is -6.98. The number of aliphatic imine (C=N–C) groups is 2. The summed E-state index contributed by atoms with van der Waals surface area (Å²) in [7, 11) is 0. The average molecular weight is 720 g/mol. The molecular weight excluding hydrogens is 683 g/mol. The van der Waals surface area contributed by atoms with Gasteiger partial charge in [0, 0.05) is 39.1 Å². The van der Waals surface area contributed by atoms with E-state index in [2.05, 4.69) is 170 Å². The number of nitrogens with zero attached hydrogens (tertiary/aromatic N) is 5. The van der Waals surface area contributed by atoms with Gasteiger partial charge in [0.05, 0.1) is 34.0 Å². The first kappa shape index (κ1) is 32.5. The predicted molar refractivity (Wildman–Crippen MR) is 230 cm³/mol. The van der Waals surface area contributed by atoms with Gasteiger partial charge < -0.3 is 0 Å². The Labute approximate surface area is 325 Å². The van der Waals surface area contributed by atoms with Crippen LogP contribution in [0.2, 0.25) is 0 Å². The maximum atomic E-state index is 5.41. The van der Waals surface area contributed by atoms with Crippen LogP contribution in [0.4, 0.5) is 0 Å². The van der Waals surface area contributed by atoms with Crippen molar-refractivity contribution < 1.29 is 0 Å². The number of hydrogen-bond acceptors (Lipinski definition) is 4. The maximum Gasteiger partial charge on any atom is 0.235 e. The van der Waals surface area contributed by atoms with Crippen LogP contribution >= 0.6 is 0 Å². The number of para-hydroxylation sites is 1. The summed E-state index contributed by atoms with van der Waals surface area (Å²) >= 11 is 0. The Morgan fingerprint density at radius 3 is 2.09 bits per heavy atom. The second kappa shape index (κ2) is 12.5. The molecule has 266 valence electrons. The van der Waals surface area contributed by atoms with Crippen LogP contribution in [0, 0.1) is 0 Å². The van der Waals surface area contributed by atoms with E-state index in [1.165, 1.54) is 27.6 Å². The lowest BCUT2D eigenvalue weighted by molar-refractivity contribution is 0.643. The van der Waals surface area contributed by atoms with Crippen molar-refractivity contribution in [2.75, 3.05) is 0 Å². The molecule has 0 bridgehead atoms. The Morgan fingerprint density at radius 1 is 0.554 bits per heavy atom. The third-order valence-electron chi connectivity index (χ3n) is 11.8. The van der Waals surface area contributed by atoms with Gasteiger partial charge in [-0.3, -0.25) is 9.56 Å². The fraction of sp³-hybridized carbons (Fsp3) is 0.0980. The summed E-state index contributed by atoms with van der Waals surface area (Å²) in [5, 5.41) is 3.47. The standard InChI is InChI=1S/C51H37N5/c1-51(2)40-23-11-9-22-38(40)48-47-41(51)24-14-25-42(47)54-50(55-48)56-45-26-12-10-21-37(45)39-30-35(27-28-46(39)56)34-19-13-20-36(29-34)44-31-43(32-15-5-3-6-16-32)52-49(53-44)33-17-7-4-8-18-33/h3-30,44H,31H2,1-2H3. The van der Waals surface area contributed by atoms with Crippen molar-refractivity contribution in [1.29, 1.82) is 0 Å². The van der Waals surface area contributed by atoms with E-state index in [4.69, 9.17) is 20.0 Å². The second-order valence-electron chi connectivity index (χ2n) is 15.4. The van der Waals surface area contributed by atoms with E-state index >= 15 is 0 Å². The molecule has 0 radical (unpaired) electrons. The zero-order valence-corrected chi connectivity index (χ0v) is 31.2. The van der Waals surface area contributed by atoms with E-state index in [9.17, 15) is 0 Å². The first-order valence-electron chi connectivity index (χ1n) is 19.3. The summed E-state index contributed by atoms with van der Waals surface area (Å²) in [5.74, 6) is 1.45. The van der Waals surface area contributed by atoms with Gasteiger partial charge in [-0.1, -0.05) is 153 Å². The van der Waals surface area contributed by atoms with Crippen molar-refractivity contribution in [3.05, 3.63) is 198 Å². The van der Waals surface area contributed by atoms with E-state index in [-0.39, 0.29) is 11.5 Å². The summed E-state index contributed by atoms with van der Waals surface area (Å²) in [6, 6.07) is 60.2. The van der Waals surface area contributed by atoms with Gasteiger partial charge >= 0.3 is 0 Å². The van der Waals surface area contributed by atoms with Crippen LogP contribution in [0.1, 0.15) is 54.1 Å². The quantitative estimate of drug-likeness (QED) is 0.178. The molecular formula is C51H37N5.